The summed E-state index contributed by atoms with van der Waals surface area (Å²) in [5, 5.41) is 6.41. The van der Waals surface area contributed by atoms with Crippen molar-refractivity contribution in [3.8, 4) is 11.1 Å². The maximum atomic E-state index is 12.0. The lowest BCUT2D eigenvalue weighted by Gasteiger charge is -2.17. The number of nitrogens with one attached hydrogen (secondary N) is 2. The van der Waals surface area contributed by atoms with Crippen LogP contribution in [0.4, 0.5) is 11.4 Å². The monoisotopic (exact) mass is 292 g/mol. The number of benzene rings is 2. The fourth-order valence-corrected chi connectivity index (χ4v) is 2.74. The maximum absolute atomic E-state index is 12.0. The molecule has 112 valence electrons. The van der Waals surface area contributed by atoms with Gasteiger partial charge >= 0.3 is 0 Å². The Morgan fingerprint density at radius 3 is 2.73 bits per heavy atom. The molecule has 1 aliphatic heterocycles. The molecule has 1 aliphatic rings. The lowest BCUT2D eigenvalue weighted by molar-refractivity contribution is -0.116. The number of carbonyl (C=O) groups is 1. The highest BCUT2D eigenvalue weighted by Gasteiger charge is 2.21. The quantitative estimate of drug-likeness (QED) is 0.811. The number of hydrogen-bond donors (Lipinski definition) is 2. The second kappa shape index (κ2) is 5.68. The van der Waals surface area contributed by atoms with Crippen LogP contribution in [0.5, 0.6) is 0 Å². The van der Waals surface area contributed by atoms with E-state index >= 15 is 0 Å². The molecule has 0 aromatic heterocycles. The van der Waals surface area contributed by atoms with Crippen molar-refractivity contribution in [1.29, 1.82) is 0 Å². The Balaban J connectivity index is 2.14. The minimum atomic E-state index is -0.0612. The van der Waals surface area contributed by atoms with E-state index in [1.807, 2.05) is 12.1 Å². The fourth-order valence-electron chi connectivity index (χ4n) is 2.74. The largest absolute Gasteiger partial charge is 0.376 e. The van der Waals surface area contributed by atoms with Gasteiger partial charge in [-0.15, -0.1) is 6.58 Å². The molecule has 3 rings (SSSR count). The van der Waals surface area contributed by atoms with Crippen molar-refractivity contribution in [1.82, 2.24) is 0 Å². The molecule has 3 nitrogen and oxygen atoms in total. The normalized spacial score (nSPS) is 17.0. The van der Waals surface area contributed by atoms with Crippen LogP contribution in [0.25, 0.3) is 11.1 Å². The molecule has 1 atom stereocenters. The van der Waals surface area contributed by atoms with Gasteiger partial charge in [0.15, 0.2) is 0 Å². The second-order valence-electron chi connectivity index (χ2n) is 5.77. The van der Waals surface area contributed by atoms with Gasteiger partial charge in [0.05, 0.1) is 23.8 Å². The summed E-state index contributed by atoms with van der Waals surface area (Å²) in [4.78, 5) is 12.0. The molecule has 1 amide bonds. The zero-order chi connectivity index (χ0) is 15.7. The van der Waals surface area contributed by atoms with Crippen LogP contribution < -0.4 is 10.6 Å². The molecular formula is C19H20N2O. The fraction of sp³-hybridized carbons (Fsp3) is 0.211. The third-order valence-electron chi connectivity index (χ3n) is 4.18. The highest BCUT2D eigenvalue weighted by molar-refractivity contribution is 6.00. The summed E-state index contributed by atoms with van der Waals surface area (Å²) in [6.07, 6.45) is 2.18. The van der Waals surface area contributed by atoms with E-state index in [1.54, 1.807) is 6.08 Å². The summed E-state index contributed by atoms with van der Waals surface area (Å²) in [6.45, 7) is 8.04. The first-order valence-electron chi connectivity index (χ1n) is 7.48. The maximum Gasteiger partial charge on any atom is 0.226 e. The Kier molecular flexibility index (Phi) is 3.72. The van der Waals surface area contributed by atoms with E-state index in [4.69, 9.17) is 0 Å². The average Bonchev–Trinajstić information content (AvgIpc) is 2.67. The van der Waals surface area contributed by atoms with Crippen LogP contribution in [0.3, 0.4) is 0 Å². The van der Waals surface area contributed by atoms with Crippen molar-refractivity contribution < 1.29 is 4.79 Å². The van der Waals surface area contributed by atoms with Crippen molar-refractivity contribution >= 4 is 17.3 Å². The van der Waals surface area contributed by atoms with Gasteiger partial charge in [-0.25, -0.2) is 0 Å². The first kappa shape index (κ1) is 14.4. The highest BCUT2D eigenvalue weighted by atomic mass is 16.1. The van der Waals surface area contributed by atoms with Crippen molar-refractivity contribution in [3.63, 3.8) is 0 Å². The van der Waals surface area contributed by atoms with Crippen LogP contribution >= 0.6 is 0 Å². The van der Waals surface area contributed by atoms with Gasteiger partial charge in [0.1, 0.15) is 0 Å². The molecule has 2 N–H and O–H groups in total. The van der Waals surface area contributed by atoms with Crippen LogP contribution in [0.15, 0.2) is 49.1 Å². The minimum Gasteiger partial charge on any atom is -0.376 e. The van der Waals surface area contributed by atoms with Crippen LogP contribution in [-0.4, -0.2) is 11.9 Å². The molecule has 22 heavy (non-hydrogen) atoms. The van der Waals surface area contributed by atoms with Crippen LogP contribution in [-0.2, 0) is 4.79 Å². The summed E-state index contributed by atoms with van der Waals surface area (Å²) in [5.41, 5.74) is 6.55. The van der Waals surface area contributed by atoms with Gasteiger partial charge in [-0.05, 0) is 36.6 Å². The molecule has 0 saturated carbocycles. The molecule has 0 saturated heterocycles. The molecule has 0 spiro atoms. The third-order valence-corrected chi connectivity index (χ3v) is 4.18. The van der Waals surface area contributed by atoms with Crippen molar-refractivity contribution in [2.45, 2.75) is 26.3 Å². The number of fused-ring (bicyclic) bond motifs is 1. The van der Waals surface area contributed by atoms with E-state index in [-0.39, 0.29) is 11.9 Å². The summed E-state index contributed by atoms with van der Waals surface area (Å²) < 4.78 is 0. The van der Waals surface area contributed by atoms with Gasteiger partial charge in [-0.1, -0.05) is 36.4 Å². The standard InChI is InChI=1S/C19H20N2O/c1-4-15-11-18(22)21-17-7-5-6-16(19(17)20-15)14-9-8-12(2)13(3)10-14/h4-10,15,20H,1,11H2,2-3H3,(H,21,22)/t15-/m1/s1. The minimum absolute atomic E-state index is 0.00777. The van der Waals surface area contributed by atoms with Crippen molar-refractivity contribution in [3.05, 3.63) is 60.2 Å². The summed E-state index contributed by atoms with van der Waals surface area (Å²) in [6, 6.07) is 12.3. The second-order valence-corrected chi connectivity index (χ2v) is 5.77. The van der Waals surface area contributed by atoms with Crippen LogP contribution in [0, 0.1) is 13.8 Å². The predicted molar refractivity (Wildman–Crippen MR) is 92.2 cm³/mol. The lowest BCUT2D eigenvalue weighted by Crippen LogP contribution is -2.20. The van der Waals surface area contributed by atoms with Gasteiger partial charge in [-0.3, -0.25) is 4.79 Å². The average molecular weight is 292 g/mol. The molecular weight excluding hydrogens is 272 g/mol. The molecule has 0 unspecified atom stereocenters. The van der Waals surface area contributed by atoms with Crippen molar-refractivity contribution in [2.75, 3.05) is 10.6 Å². The van der Waals surface area contributed by atoms with Gasteiger partial charge in [0.2, 0.25) is 5.91 Å². The molecule has 2 aromatic rings. The molecule has 0 radical (unpaired) electrons. The number of amides is 1. The first-order chi connectivity index (χ1) is 10.6. The number of aryl methyl sites for hydroxylation is 2. The highest BCUT2D eigenvalue weighted by Crippen LogP contribution is 2.37. The van der Waals surface area contributed by atoms with Gasteiger partial charge in [0, 0.05) is 5.56 Å². The zero-order valence-electron chi connectivity index (χ0n) is 12.9. The van der Waals surface area contributed by atoms with E-state index in [1.165, 1.54) is 11.1 Å². The van der Waals surface area contributed by atoms with E-state index in [0.717, 1.165) is 22.5 Å². The number of para-hydroxylation sites is 1. The topological polar surface area (TPSA) is 41.1 Å². The SMILES string of the molecule is C=C[C@@H]1CC(=O)Nc2cccc(-c3ccc(C)c(C)c3)c2N1. The summed E-state index contributed by atoms with van der Waals surface area (Å²) in [7, 11) is 0. The Labute approximate surface area is 131 Å². The number of rotatable bonds is 2. The summed E-state index contributed by atoms with van der Waals surface area (Å²) in [5.74, 6) is 0.00777. The van der Waals surface area contributed by atoms with Crippen LogP contribution in [0.2, 0.25) is 0 Å². The van der Waals surface area contributed by atoms with E-state index in [0.29, 0.717) is 6.42 Å². The zero-order valence-corrected chi connectivity index (χ0v) is 12.9. The van der Waals surface area contributed by atoms with Crippen molar-refractivity contribution in [2.24, 2.45) is 0 Å². The molecule has 1 heterocycles. The molecule has 0 fully saturated rings. The van der Waals surface area contributed by atoms with E-state index in [2.05, 4.69) is 55.3 Å². The lowest BCUT2D eigenvalue weighted by atomic mass is 9.98. The number of carbonyl (C=O) groups excluding carboxylic acids is 1. The molecule has 2 aromatic carbocycles. The van der Waals surface area contributed by atoms with E-state index in [9.17, 15) is 4.79 Å². The Hall–Kier alpha value is -2.55. The van der Waals surface area contributed by atoms with Gasteiger partial charge in [0.25, 0.3) is 0 Å². The smallest absolute Gasteiger partial charge is 0.226 e. The van der Waals surface area contributed by atoms with Crippen LogP contribution in [0.1, 0.15) is 17.5 Å². The summed E-state index contributed by atoms with van der Waals surface area (Å²) >= 11 is 0. The van der Waals surface area contributed by atoms with Gasteiger partial charge in [-0.2, -0.15) is 0 Å². The van der Waals surface area contributed by atoms with Gasteiger partial charge < -0.3 is 10.6 Å². The Bertz CT molecular complexity index is 749. The Morgan fingerprint density at radius 1 is 1.18 bits per heavy atom. The van der Waals surface area contributed by atoms with E-state index < -0.39 is 0 Å². The molecule has 3 heteroatoms. The number of hydrogen-bond acceptors (Lipinski definition) is 2. The third kappa shape index (κ3) is 2.62. The first-order valence-corrected chi connectivity index (χ1v) is 7.48. The number of anilines is 2. The molecule has 0 aliphatic carbocycles. The molecule has 0 bridgehead atoms. The Morgan fingerprint density at radius 2 is 2.00 bits per heavy atom. The predicted octanol–water partition coefficient (Wildman–Crippen LogP) is 4.28.